The van der Waals surface area contributed by atoms with Gasteiger partial charge in [0.15, 0.2) is 5.78 Å². The highest BCUT2D eigenvalue weighted by Crippen LogP contribution is 2.28. The lowest BCUT2D eigenvalue weighted by atomic mass is 9.67. The van der Waals surface area contributed by atoms with Crippen LogP contribution in [0.1, 0.15) is 24.5 Å². The third kappa shape index (κ3) is 5.57. The van der Waals surface area contributed by atoms with E-state index in [9.17, 15) is 24.7 Å². The predicted molar refractivity (Wildman–Crippen MR) is 78.8 cm³/mol. The van der Waals surface area contributed by atoms with E-state index in [0.29, 0.717) is 11.1 Å². The number of aryl methyl sites for hydroxylation is 1. The first-order chi connectivity index (χ1) is 9.81. The van der Waals surface area contributed by atoms with Gasteiger partial charge in [-0.1, -0.05) is 18.2 Å². The molecule has 0 saturated heterocycles. The Kier molecular flexibility index (Phi) is 6.39. The molecule has 0 aliphatic rings. The van der Waals surface area contributed by atoms with E-state index in [1.54, 1.807) is 25.1 Å². The molecule has 0 saturated carbocycles. The number of carbonyl (C=O) groups excluding carboxylic acids is 2. The fraction of sp³-hybridized carbons (Fsp3) is 0.429. The molecule has 114 valence electrons. The van der Waals surface area contributed by atoms with E-state index >= 15 is 0 Å². The van der Waals surface area contributed by atoms with Crippen molar-refractivity contribution in [2.45, 2.75) is 32.5 Å². The van der Waals surface area contributed by atoms with Gasteiger partial charge in [-0.2, -0.15) is 0 Å². The normalized spacial score (nSPS) is 11.8. The van der Waals surface area contributed by atoms with E-state index in [1.165, 1.54) is 6.92 Å². The predicted octanol–water partition coefficient (Wildman–Crippen LogP) is 0.181. The number of Topliss-reactive ketones (excluding diaryl/α,β-unsaturated/α-hetero) is 1. The molecule has 6 nitrogen and oxygen atoms in total. The smallest absolute Gasteiger partial charge is 0.455 e. The van der Waals surface area contributed by atoms with Gasteiger partial charge >= 0.3 is 7.12 Å². The number of carbonyl (C=O) groups is 2. The first kappa shape index (κ1) is 17.2. The van der Waals surface area contributed by atoms with Crippen molar-refractivity contribution in [3.05, 3.63) is 29.3 Å². The second-order valence-corrected chi connectivity index (χ2v) is 5.11. The lowest BCUT2D eigenvalue weighted by molar-refractivity contribution is -0.124. The molecule has 21 heavy (non-hydrogen) atoms. The van der Waals surface area contributed by atoms with Crippen LogP contribution in [0.3, 0.4) is 0 Å². The van der Waals surface area contributed by atoms with Gasteiger partial charge in [0.2, 0.25) is 5.91 Å². The second kappa shape index (κ2) is 7.80. The Bertz CT molecular complexity index is 518. The van der Waals surface area contributed by atoms with Crippen LogP contribution in [0.15, 0.2) is 18.2 Å². The Morgan fingerprint density at radius 3 is 2.57 bits per heavy atom. The zero-order valence-electron chi connectivity index (χ0n) is 12.2. The molecule has 0 bridgehead atoms. The molecule has 0 aromatic heterocycles. The van der Waals surface area contributed by atoms with Gasteiger partial charge < -0.3 is 20.5 Å². The molecular weight excluding hydrogens is 273 g/mol. The van der Waals surface area contributed by atoms with Gasteiger partial charge in [-0.15, -0.1) is 0 Å². The minimum atomic E-state index is -1.67. The van der Waals surface area contributed by atoms with Gasteiger partial charge in [0, 0.05) is 19.2 Å². The molecule has 1 aromatic carbocycles. The number of nitrogens with one attached hydrogen (secondary N) is 1. The summed E-state index contributed by atoms with van der Waals surface area (Å²) in [6.45, 7) is 2.90. The highest BCUT2D eigenvalue weighted by molar-refractivity contribution is 6.43. The van der Waals surface area contributed by atoms with E-state index in [-0.39, 0.29) is 36.8 Å². The first-order valence-electron chi connectivity index (χ1n) is 6.71. The number of hydrogen-bond acceptors (Lipinski definition) is 5. The van der Waals surface area contributed by atoms with E-state index < -0.39 is 12.9 Å². The Morgan fingerprint density at radius 2 is 2.00 bits per heavy atom. The van der Waals surface area contributed by atoms with E-state index in [1.807, 2.05) is 0 Å². The monoisotopic (exact) mass is 293 g/mol. The summed E-state index contributed by atoms with van der Waals surface area (Å²) in [6.07, 6.45) is 0.0717. The first-order valence-corrected chi connectivity index (χ1v) is 6.71. The molecule has 1 aromatic rings. The SMILES string of the molecule is CC(=O)NCC(=O)CC(Cc1cccc(C)c1O)B(O)O. The van der Waals surface area contributed by atoms with Crippen molar-refractivity contribution in [2.24, 2.45) is 0 Å². The number of rotatable bonds is 7. The standard InChI is InChI=1S/C14H20BNO5/c1-9-4-3-5-11(14(9)19)6-12(15(20)21)7-13(18)8-16-10(2)17/h3-5,12,19-21H,6-8H2,1-2H3,(H,16,17). The molecule has 0 spiro atoms. The molecule has 1 unspecified atom stereocenters. The van der Waals surface area contributed by atoms with Crippen molar-refractivity contribution in [3.8, 4) is 5.75 Å². The second-order valence-electron chi connectivity index (χ2n) is 5.11. The molecule has 0 fully saturated rings. The van der Waals surface area contributed by atoms with E-state index in [2.05, 4.69) is 5.32 Å². The van der Waals surface area contributed by atoms with Crippen LogP contribution in [0.5, 0.6) is 5.75 Å². The summed E-state index contributed by atoms with van der Waals surface area (Å²) in [7, 11) is -1.67. The molecule has 0 aliphatic carbocycles. The number of hydrogen-bond donors (Lipinski definition) is 4. The van der Waals surface area contributed by atoms with Crippen LogP contribution in [-0.4, -0.2) is 40.5 Å². The van der Waals surface area contributed by atoms with Gasteiger partial charge in [-0.25, -0.2) is 0 Å². The Morgan fingerprint density at radius 1 is 1.33 bits per heavy atom. The maximum Gasteiger partial charge on any atom is 0.455 e. The number of ketones is 1. The summed E-state index contributed by atoms with van der Waals surface area (Å²) in [4.78, 5) is 22.5. The van der Waals surface area contributed by atoms with Crippen LogP contribution in [0.4, 0.5) is 0 Å². The van der Waals surface area contributed by atoms with Crippen LogP contribution in [0, 0.1) is 6.92 Å². The number of aromatic hydroxyl groups is 1. The van der Waals surface area contributed by atoms with Crippen molar-refractivity contribution in [3.63, 3.8) is 0 Å². The minimum absolute atomic E-state index is 0.0919. The molecule has 7 heteroatoms. The molecule has 1 atom stereocenters. The largest absolute Gasteiger partial charge is 0.507 e. The third-order valence-electron chi connectivity index (χ3n) is 3.25. The average molecular weight is 293 g/mol. The number of phenolic OH excluding ortho intramolecular Hbond substituents is 1. The van der Waals surface area contributed by atoms with Crippen molar-refractivity contribution in [1.29, 1.82) is 0 Å². The maximum atomic E-state index is 11.7. The number of amides is 1. The average Bonchev–Trinajstić information content (AvgIpc) is 2.40. The lowest BCUT2D eigenvalue weighted by Crippen LogP contribution is -2.31. The van der Waals surface area contributed by atoms with Crippen LogP contribution in [-0.2, 0) is 16.0 Å². The van der Waals surface area contributed by atoms with Gasteiger partial charge in [-0.05, 0) is 24.5 Å². The molecule has 1 rings (SSSR count). The summed E-state index contributed by atoms with van der Waals surface area (Å²) in [5.74, 6) is -1.26. The zero-order chi connectivity index (χ0) is 16.0. The van der Waals surface area contributed by atoms with Gasteiger partial charge in [0.1, 0.15) is 5.75 Å². The van der Waals surface area contributed by atoms with Crippen molar-refractivity contribution < 1.29 is 24.7 Å². The molecule has 0 aliphatic heterocycles. The van der Waals surface area contributed by atoms with Crippen molar-refractivity contribution >= 4 is 18.8 Å². The maximum absolute atomic E-state index is 11.7. The van der Waals surface area contributed by atoms with Crippen LogP contribution < -0.4 is 5.32 Å². The quantitative estimate of drug-likeness (QED) is 0.537. The Labute approximate surface area is 123 Å². The number of para-hydroxylation sites is 1. The summed E-state index contributed by atoms with van der Waals surface area (Å²) >= 11 is 0. The Balaban J connectivity index is 2.72. The number of phenols is 1. The highest BCUT2D eigenvalue weighted by Gasteiger charge is 2.27. The van der Waals surface area contributed by atoms with E-state index in [4.69, 9.17) is 0 Å². The van der Waals surface area contributed by atoms with Gasteiger partial charge in [-0.3, -0.25) is 9.59 Å². The summed E-state index contributed by atoms with van der Waals surface area (Å²) in [6, 6.07) is 5.17. The summed E-state index contributed by atoms with van der Waals surface area (Å²) < 4.78 is 0. The van der Waals surface area contributed by atoms with E-state index in [0.717, 1.165) is 0 Å². The highest BCUT2D eigenvalue weighted by atomic mass is 16.4. The molecule has 1 amide bonds. The zero-order valence-corrected chi connectivity index (χ0v) is 12.2. The van der Waals surface area contributed by atoms with Crippen LogP contribution in [0.2, 0.25) is 5.82 Å². The van der Waals surface area contributed by atoms with Crippen LogP contribution in [0.25, 0.3) is 0 Å². The fourth-order valence-corrected chi connectivity index (χ4v) is 2.04. The fourth-order valence-electron chi connectivity index (χ4n) is 2.04. The van der Waals surface area contributed by atoms with Crippen LogP contribution >= 0.6 is 0 Å². The van der Waals surface area contributed by atoms with Gasteiger partial charge in [0.25, 0.3) is 0 Å². The minimum Gasteiger partial charge on any atom is -0.507 e. The van der Waals surface area contributed by atoms with Gasteiger partial charge in [0.05, 0.1) is 6.54 Å². The summed E-state index contributed by atoms with van der Waals surface area (Å²) in [5.41, 5.74) is 1.24. The Hall–Kier alpha value is -1.86. The summed E-state index contributed by atoms with van der Waals surface area (Å²) in [5, 5.41) is 31.1. The number of benzene rings is 1. The topological polar surface area (TPSA) is 107 Å². The molecule has 0 heterocycles. The molecular formula is C14H20BNO5. The lowest BCUT2D eigenvalue weighted by Gasteiger charge is -2.16. The third-order valence-corrected chi connectivity index (χ3v) is 3.25. The molecule has 0 radical (unpaired) electrons. The molecule has 4 N–H and O–H groups in total. The van der Waals surface area contributed by atoms with Crippen molar-refractivity contribution in [1.82, 2.24) is 5.32 Å². The van der Waals surface area contributed by atoms with Crippen molar-refractivity contribution in [2.75, 3.05) is 6.54 Å².